The molecule has 0 radical (unpaired) electrons. The van der Waals surface area contributed by atoms with Crippen molar-refractivity contribution in [1.82, 2.24) is 20.4 Å². The smallest absolute Gasteiger partial charge is 0.251 e. The van der Waals surface area contributed by atoms with Crippen molar-refractivity contribution in [2.45, 2.75) is 27.7 Å². The Kier molecular flexibility index (Phi) is 6.33. The summed E-state index contributed by atoms with van der Waals surface area (Å²) in [6, 6.07) is 5.34. The Morgan fingerprint density at radius 3 is 2.22 bits per heavy atom. The Morgan fingerprint density at radius 1 is 0.963 bits per heavy atom. The zero-order valence-electron chi connectivity index (χ0n) is 16.3. The average molecular weight is 371 g/mol. The summed E-state index contributed by atoms with van der Waals surface area (Å²) in [4.78, 5) is 36.0. The molecule has 0 aliphatic carbocycles. The highest BCUT2D eigenvalue weighted by Crippen LogP contribution is 2.17. The molecule has 8 nitrogen and oxygen atoms in total. The highest BCUT2D eigenvalue weighted by molar-refractivity contribution is 5.98. The minimum Gasteiger partial charge on any atom is -0.345 e. The first-order valence-corrected chi connectivity index (χ1v) is 8.61. The number of carbonyl (C=O) groups excluding carboxylic acids is 3. The van der Waals surface area contributed by atoms with Gasteiger partial charge in [0.2, 0.25) is 11.8 Å². The zero-order valence-corrected chi connectivity index (χ0v) is 16.3. The molecule has 27 heavy (non-hydrogen) atoms. The summed E-state index contributed by atoms with van der Waals surface area (Å²) in [5.41, 5.74) is 4.76. The molecule has 144 valence electrons. The van der Waals surface area contributed by atoms with Crippen LogP contribution < -0.4 is 16.0 Å². The molecule has 3 amide bonds. The van der Waals surface area contributed by atoms with Gasteiger partial charge >= 0.3 is 0 Å². The van der Waals surface area contributed by atoms with E-state index in [0.29, 0.717) is 16.9 Å². The number of hydrogen-bond acceptors (Lipinski definition) is 4. The monoisotopic (exact) mass is 371 g/mol. The molecule has 0 bridgehead atoms. The molecule has 0 spiro atoms. The van der Waals surface area contributed by atoms with Gasteiger partial charge in [0.1, 0.15) is 0 Å². The van der Waals surface area contributed by atoms with Gasteiger partial charge in [-0.2, -0.15) is 5.10 Å². The van der Waals surface area contributed by atoms with Crippen molar-refractivity contribution >= 4 is 23.4 Å². The topological polar surface area (TPSA) is 105 Å². The minimum absolute atomic E-state index is 0.188. The molecule has 1 heterocycles. The van der Waals surface area contributed by atoms with Gasteiger partial charge in [-0.3, -0.25) is 19.1 Å². The molecule has 3 N–H and O–H groups in total. The van der Waals surface area contributed by atoms with Crippen LogP contribution in [0.25, 0.3) is 0 Å². The van der Waals surface area contributed by atoms with Crippen LogP contribution in [-0.2, 0) is 16.6 Å². The molecular formula is C19H25N5O3. The standard InChI is InChI=1S/C19H25N5O3/c1-11-6-7-15(8-12(11)2)19(27)21-9-16(25)20-10-17(26)22-18-13(3)23-24(5)14(18)4/h6-8H,9-10H2,1-5H3,(H,20,25)(H,21,27)(H,22,26). The number of aromatic nitrogens is 2. The molecule has 0 atom stereocenters. The second-order valence-corrected chi connectivity index (χ2v) is 6.48. The van der Waals surface area contributed by atoms with E-state index < -0.39 is 5.91 Å². The normalized spacial score (nSPS) is 10.4. The molecule has 0 aliphatic heterocycles. The maximum atomic E-state index is 12.1. The molecule has 1 aromatic carbocycles. The van der Waals surface area contributed by atoms with Gasteiger partial charge in [-0.25, -0.2) is 0 Å². The van der Waals surface area contributed by atoms with Gasteiger partial charge in [-0.1, -0.05) is 6.07 Å². The second kappa shape index (κ2) is 8.48. The Balaban J connectivity index is 1.79. The van der Waals surface area contributed by atoms with E-state index in [9.17, 15) is 14.4 Å². The van der Waals surface area contributed by atoms with Crippen LogP contribution >= 0.6 is 0 Å². The molecule has 0 aliphatic rings. The van der Waals surface area contributed by atoms with Gasteiger partial charge in [0.25, 0.3) is 5.91 Å². The van der Waals surface area contributed by atoms with Crippen LogP contribution in [0.1, 0.15) is 32.9 Å². The highest BCUT2D eigenvalue weighted by Gasteiger charge is 2.14. The van der Waals surface area contributed by atoms with Crippen LogP contribution in [0.5, 0.6) is 0 Å². The Hall–Kier alpha value is -3.16. The molecule has 0 fully saturated rings. The van der Waals surface area contributed by atoms with Crippen molar-refractivity contribution < 1.29 is 14.4 Å². The first-order chi connectivity index (χ1) is 12.7. The van der Waals surface area contributed by atoms with Crippen LogP contribution in [0.15, 0.2) is 18.2 Å². The Morgan fingerprint density at radius 2 is 1.63 bits per heavy atom. The lowest BCUT2D eigenvalue weighted by Gasteiger charge is -2.09. The van der Waals surface area contributed by atoms with Gasteiger partial charge in [-0.15, -0.1) is 0 Å². The molecule has 8 heteroatoms. The lowest BCUT2D eigenvalue weighted by atomic mass is 10.1. The summed E-state index contributed by atoms with van der Waals surface area (Å²) >= 11 is 0. The van der Waals surface area contributed by atoms with Crippen molar-refractivity contribution in [3.63, 3.8) is 0 Å². The summed E-state index contributed by atoms with van der Waals surface area (Å²) < 4.78 is 1.67. The van der Waals surface area contributed by atoms with E-state index in [2.05, 4.69) is 21.0 Å². The van der Waals surface area contributed by atoms with Crippen molar-refractivity contribution in [2.24, 2.45) is 7.05 Å². The maximum Gasteiger partial charge on any atom is 0.251 e. The third-order valence-electron chi connectivity index (χ3n) is 4.40. The number of anilines is 1. The summed E-state index contributed by atoms with van der Waals surface area (Å²) in [6.45, 7) is 7.13. The first-order valence-electron chi connectivity index (χ1n) is 8.61. The zero-order chi connectivity index (χ0) is 20.1. The van der Waals surface area contributed by atoms with E-state index in [1.807, 2.05) is 26.8 Å². The lowest BCUT2D eigenvalue weighted by Crippen LogP contribution is -2.40. The van der Waals surface area contributed by atoms with Crippen molar-refractivity contribution in [3.8, 4) is 0 Å². The second-order valence-electron chi connectivity index (χ2n) is 6.48. The predicted molar refractivity (Wildman–Crippen MR) is 103 cm³/mol. The molecule has 0 unspecified atom stereocenters. The van der Waals surface area contributed by atoms with Crippen LogP contribution in [0.2, 0.25) is 0 Å². The number of carbonyl (C=O) groups is 3. The highest BCUT2D eigenvalue weighted by atomic mass is 16.2. The van der Waals surface area contributed by atoms with Gasteiger partial charge in [-0.05, 0) is 51.0 Å². The van der Waals surface area contributed by atoms with Gasteiger partial charge in [0.05, 0.1) is 30.2 Å². The van der Waals surface area contributed by atoms with Crippen molar-refractivity contribution in [3.05, 3.63) is 46.3 Å². The van der Waals surface area contributed by atoms with Gasteiger partial charge in [0, 0.05) is 12.6 Å². The van der Waals surface area contributed by atoms with Crippen molar-refractivity contribution in [1.29, 1.82) is 0 Å². The first kappa shape index (κ1) is 20.2. The number of nitrogens with one attached hydrogen (secondary N) is 3. The van der Waals surface area contributed by atoms with E-state index in [1.54, 1.807) is 30.8 Å². The SMILES string of the molecule is Cc1ccc(C(=O)NCC(=O)NCC(=O)Nc2c(C)nn(C)c2C)cc1C. The minimum atomic E-state index is -0.443. The van der Waals surface area contributed by atoms with Gasteiger partial charge in [0.15, 0.2) is 0 Å². The van der Waals surface area contributed by atoms with Crippen molar-refractivity contribution in [2.75, 3.05) is 18.4 Å². The van der Waals surface area contributed by atoms with Crippen LogP contribution in [0.3, 0.4) is 0 Å². The largest absolute Gasteiger partial charge is 0.345 e. The van der Waals surface area contributed by atoms with Crippen LogP contribution in [0.4, 0.5) is 5.69 Å². The van der Waals surface area contributed by atoms with E-state index in [-0.39, 0.29) is 24.9 Å². The number of aryl methyl sites for hydroxylation is 4. The summed E-state index contributed by atoms with van der Waals surface area (Å²) in [6.07, 6.45) is 0. The number of amides is 3. The molecular weight excluding hydrogens is 346 g/mol. The third kappa shape index (κ3) is 5.16. The van der Waals surface area contributed by atoms with Crippen LogP contribution in [0, 0.1) is 27.7 Å². The fourth-order valence-electron chi connectivity index (χ4n) is 2.52. The summed E-state index contributed by atoms with van der Waals surface area (Å²) in [5.74, 6) is -1.13. The summed E-state index contributed by atoms with van der Waals surface area (Å²) in [5, 5.41) is 12.0. The average Bonchev–Trinajstić information content (AvgIpc) is 2.86. The summed E-state index contributed by atoms with van der Waals surface area (Å²) in [7, 11) is 1.79. The molecule has 2 rings (SSSR count). The molecule has 1 aromatic heterocycles. The number of benzene rings is 1. The fourth-order valence-corrected chi connectivity index (χ4v) is 2.52. The van der Waals surface area contributed by atoms with E-state index >= 15 is 0 Å². The quantitative estimate of drug-likeness (QED) is 0.708. The van der Waals surface area contributed by atoms with E-state index in [4.69, 9.17) is 0 Å². The van der Waals surface area contributed by atoms with Gasteiger partial charge < -0.3 is 16.0 Å². The number of hydrogen-bond donors (Lipinski definition) is 3. The molecule has 0 saturated carbocycles. The van der Waals surface area contributed by atoms with Crippen LogP contribution in [-0.4, -0.2) is 40.6 Å². The fraction of sp³-hybridized carbons (Fsp3) is 0.368. The molecule has 0 saturated heterocycles. The maximum absolute atomic E-state index is 12.1. The third-order valence-corrected chi connectivity index (χ3v) is 4.40. The molecule has 2 aromatic rings. The lowest BCUT2D eigenvalue weighted by molar-refractivity contribution is -0.123. The predicted octanol–water partition coefficient (Wildman–Crippen LogP) is 1.14. The van der Waals surface area contributed by atoms with E-state index in [1.165, 1.54) is 0 Å². The number of nitrogens with zero attached hydrogens (tertiary/aromatic N) is 2. The number of rotatable bonds is 6. The Labute approximate surface area is 158 Å². The Bertz CT molecular complexity index is 886. The van der Waals surface area contributed by atoms with E-state index in [0.717, 1.165) is 16.8 Å².